The van der Waals surface area contributed by atoms with Crippen LogP contribution in [0.4, 0.5) is 0 Å². The van der Waals surface area contributed by atoms with Gasteiger partial charge in [-0.3, -0.25) is 9.88 Å². The van der Waals surface area contributed by atoms with Crippen LogP contribution in [0.25, 0.3) is 0 Å². The topological polar surface area (TPSA) is 46.6 Å². The fraction of sp³-hybridized carbons (Fsp3) is 0.643. The lowest BCUT2D eigenvalue weighted by molar-refractivity contribution is 0.0374. The molecule has 1 aromatic rings. The number of hydrogen-bond acceptors (Lipinski definition) is 5. The zero-order valence-corrected chi connectivity index (χ0v) is 11.6. The maximum Gasteiger partial charge on any atom is 0.141 e. The number of nitrogens with one attached hydrogen (secondary N) is 1. The average Bonchev–Trinajstić information content (AvgIpc) is 2.48. The Morgan fingerprint density at radius 1 is 1.42 bits per heavy atom. The third kappa shape index (κ3) is 4.78. The Kier molecular flexibility index (Phi) is 6.07. The highest BCUT2D eigenvalue weighted by molar-refractivity contribution is 5.29. The van der Waals surface area contributed by atoms with Crippen LogP contribution in [0.15, 0.2) is 18.5 Å². The molecule has 1 fully saturated rings. The van der Waals surface area contributed by atoms with Gasteiger partial charge in [-0.25, -0.2) is 0 Å². The van der Waals surface area contributed by atoms with E-state index in [0.29, 0.717) is 0 Å². The van der Waals surface area contributed by atoms with E-state index in [1.54, 1.807) is 19.5 Å². The Hall–Kier alpha value is -1.17. The van der Waals surface area contributed by atoms with E-state index in [1.165, 1.54) is 0 Å². The normalized spacial score (nSPS) is 16.5. The van der Waals surface area contributed by atoms with Gasteiger partial charge in [-0.1, -0.05) is 0 Å². The highest BCUT2D eigenvalue weighted by Crippen LogP contribution is 2.14. The quantitative estimate of drug-likeness (QED) is 0.742. The summed E-state index contributed by atoms with van der Waals surface area (Å²) in [5, 5.41) is 3.45. The summed E-state index contributed by atoms with van der Waals surface area (Å²) in [6.07, 6.45) is 4.71. The lowest BCUT2D eigenvalue weighted by atomic mass is 10.2. The van der Waals surface area contributed by atoms with Crippen LogP contribution in [0.1, 0.15) is 12.0 Å². The van der Waals surface area contributed by atoms with Crippen molar-refractivity contribution in [1.29, 1.82) is 0 Å². The highest BCUT2D eigenvalue weighted by atomic mass is 16.5. The van der Waals surface area contributed by atoms with Crippen molar-refractivity contribution in [1.82, 2.24) is 15.2 Å². The molecule has 1 N–H and O–H groups in total. The van der Waals surface area contributed by atoms with Gasteiger partial charge in [-0.05, 0) is 25.6 Å². The van der Waals surface area contributed by atoms with Gasteiger partial charge in [0.1, 0.15) is 5.75 Å². The second-order valence-electron chi connectivity index (χ2n) is 4.67. The second-order valence-corrected chi connectivity index (χ2v) is 4.67. The molecule has 0 radical (unpaired) electrons. The summed E-state index contributed by atoms with van der Waals surface area (Å²) in [6.45, 7) is 6.88. The van der Waals surface area contributed by atoms with Crippen LogP contribution >= 0.6 is 0 Å². The Morgan fingerprint density at radius 3 is 3.05 bits per heavy atom. The van der Waals surface area contributed by atoms with Gasteiger partial charge < -0.3 is 14.8 Å². The molecule has 5 nitrogen and oxygen atoms in total. The molecule has 0 spiro atoms. The molecule has 2 rings (SSSR count). The van der Waals surface area contributed by atoms with Gasteiger partial charge in [-0.2, -0.15) is 0 Å². The fourth-order valence-electron chi connectivity index (χ4n) is 2.21. The van der Waals surface area contributed by atoms with Crippen LogP contribution in [0, 0.1) is 0 Å². The van der Waals surface area contributed by atoms with Crippen LogP contribution in [0.3, 0.4) is 0 Å². The minimum atomic E-state index is 0.828. The van der Waals surface area contributed by atoms with Gasteiger partial charge in [0.05, 0.1) is 26.5 Å². The van der Waals surface area contributed by atoms with Crippen molar-refractivity contribution < 1.29 is 9.47 Å². The lowest BCUT2D eigenvalue weighted by Crippen LogP contribution is -2.37. The van der Waals surface area contributed by atoms with E-state index in [1.807, 2.05) is 6.07 Å². The number of aromatic nitrogens is 1. The zero-order valence-electron chi connectivity index (χ0n) is 11.6. The predicted octanol–water partition coefficient (Wildman–Crippen LogP) is 0.902. The molecule has 106 valence electrons. The number of hydrogen-bond donors (Lipinski definition) is 1. The number of methoxy groups -OCH3 is 1. The van der Waals surface area contributed by atoms with Crippen molar-refractivity contribution in [2.75, 3.05) is 46.5 Å². The van der Waals surface area contributed by atoms with Crippen LogP contribution in [-0.4, -0.2) is 56.4 Å². The molecule has 1 aliphatic rings. The van der Waals surface area contributed by atoms with Gasteiger partial charge in [-0.15, -0.1) is 0 Å². The smallest absolute Gasteiger partial charge is 0.141 e. The number of morpholine rings is 1. The van der Waals surface area contributed by atoms with E-state index in [-0.39, 0.29) is 0 Å². The molecule has 5 heteroatoms. The van der Waals surface area contributed by atoms with Gasteiger partial charge in [0.25, 0.3) is 0 Å². The first-order chi connectivity index (χ1) is 9.40. The molecular formula is C14H23N3O2. The molecule has 0 aromatic carbocycles. The van der Waals surface area contributed by atoms with Gasteiger partial charge in [0.15, 0.2) is 0 Å². The molecule has 0 bridgehead atoms. The van der Waals surface area contributed by atoms with Crippen molar-refractivity contribution in [3.8, 4) is 5.75 Å². The van der Waals surface area contributed by atoms with Crippen molar-refractivity contribution >= 4 is 0 Å². The summed E-state index contributed by atoms with van der Waals surface area (Å²) in [5.74, 6) is 0.850. The van der Waals surface area contributed by atoms with Gasteiger partial charge in [0, 0.05) is 31.4 Å². The molecule has 0 amide bonds. The average molecular weight is 265 g/mol. The summed E-state index contributed by atoms with van der Waals surface area (Å²) < 4.78 is 10.6. The molecule has 19 heavy (non-hydrogen) atoms. The van der Waals surface area contributed by atoms with Gasteiger partial charge in [0.2, 0.25) is 0 Å². The molecule has 2 heterocycles. The number of rotatable bonds is 7. The Morgan fingerprint density at radius 2 is 2.26 bits per heavy atom. The van der Waals surface area contributed by atoms with E-state index in [9.17, 15) is 0 Å². The summed E-state index contributed by atoms with van der Waals surface area (Å²) in [5.41, 5.74) is 1.16. The Balaban J connectivity index is 1.61. The minimum Gasteiger partial charge on any atom is -0.495 e. The van der Waals surface area contributed by atoms with Crippen molar-refractivity contribution in [3.05, 3.63) is 24.0 Å². The summed E-state index contributed by atoms with van der Waals surface area (Å²) in [7, 11) is 1.68. The van der Waals surface area contributed by atoms with Crippen LogP contribution in [-0.2, 0) is 11.3 Å². The minimum absolute atomic E-state index is 0.828. The Bertz CT molecular complexity index is 367. The second kappa shape index (κ2) is 8.09. The molecule has 1 aromatic heterocycles. The lowest BCUT2D eigenvalue weighted by Gasteiger charge is -2.26. The van der Waals surface area contributed by atoms with Crippen molar-refractivity contribution in [2.45, 2.75) is 13.0 Å². The SMILES string of the molecule is COc1cnccc1CNCCCN1CCOCC1. The molecule has 0 saturated carbocycles. The third-order valence-electron chi connectivity index (χ3n) is 3.34. The summed E-state index contributed by atoms with van der Waals surface area (Å²) in [4.78, 5) is 6.51. The first kappa shape index (κ1) is 14.2. The van der Waals surface area contributed by atoms with Crippen molar-refractivity contribution in [2.24, 2.45) is 0 Å². The molecule has 0 unspecified atom stereocenters. The van der Waals surface area contributed by atoms with Crippen molar-refractivity contribution in [3.63, 3.8) is 0 Å². The third-order valence-corrected chi connectivity index (χ3v) is 3.34. The maximum atomic E-state index is 5.33. The molecule has 0 aliphatic carbocycles. The molecule has 1 saturated heterocycles. The zero-order chi connectivity index (χ0) is 13.3. The van der Waals surface area contributed by atoms with Crippen LogP contribution in [0.2, 0.25) is 0 Å². The number of ether oxygens (including phenoxy) is 2. The highest BCUT2D eigenvalue weighted by Gasteiger charge is 2.09. The van der Waals surface area contributed by atoms with E-state index in [4.69, 9.17) is 9.47 Å². The Labute approximate surface area is 114 Å². The predicted molar refractivity (Wildman–Crippen MR) is 74.4 cm³/mol. The van der Waals surface area contributed by atoms with E-state index in [2.05, 4.69) is 15.2 Å². The van der Waals surface area contributed by atoms with Crippen LogP contribution < -0.4 is 10.1 Å². The summed E-state index contributed by atoms with van der Waals surface area (Å²) >= 11 is 0. The molecular weight excluding hydrogens is 242 g/mol. The van der Waals surface area contributed by atoms with Crippen LogP contribution in [0.5, 0.6) is 5.75 Å². The largest absolute Gasteiger partial charge is 0.495 e. The summed E-state index contributed by atoms with van der Waals surface area (Å²) in [6, 6.07) is 1.99. The van der Waals surface area contributed by atoms with E-state index < -0.39 is 0 Å². The first-order valence-corrected chi connectivity index (χ1v) is 6.88. The molecule has 0 atom stereocenters. The number of nitrogens with zero attached hydrogens (tertiary/aromatic N) is 2. The van der Waals surface area contributed by atoms with E-state index >= 15 is 0 Å². The van der Waals surface area contributed by atoms with E-state index in [0.717, 1.165) is 63.7 Å². The first-order valence-electron chi connectivity index (χ1n) is 6.88. The van der Waals surface area contributed by atoms with Gasteiger partial charge >= 0.3 is 0 Å². The maximum absolute atomic E-state index is 5.33. The monoisotopic (exact) mass is 265 g/mol. The fourth-order valence-corrected chi connectivity index (χ4v) is 2.21. The standard InChI is InChI=1S/C14H23N3O2/c1-18-14-12-16-5-3-13(14)11-15-4-2-6-17-7-9-19-10-8-17/h3,5,12,15H,2,4,6-11H2,1H3. The molecule has 1 aliphatic heterocycles. The number of pyridine rings is 1.